The van der Waals surface area contributed by atoms with Crippen molar-refractivity contribution in [1.29, 1.82) is 0 Å². The first-order valence-corrected chi connectivity index (χ1v) is 10.6. The number of carbonyl (C=O) groups is 1. The quantitative estimate of drug-likeness (QED) is 0.561. The molecule has 0 aromatic heterocycles. The van der Waals surface area contributed by atoms with E-state index in [2.05, 4.69) is 5.32 Å². The summed E-state index contributed by atoms with van der Waals surface area (Å²) in [4.78, 5) is 19.3. The molecule has 9 heteroatoms. The summed E-state index contributed by atoms with van der Waals surface area (Å²) in [5, 5.41) is 13.2. The van der Waals surface area contributed by atoms with Crippen LogP contribution in [0.2, 0.25) is 0 Å². The number of carbonyl (C=O) groups excluding carboxylic acids is 1. The molecule has 176 valence electrons. The van der Waals surface area contributed by atoms with Crippen LogP contribution in [0.4, 0.5) is 24.5 Å². The van der Waals surface area contributed by atoms with E-state index < -0.39 is 34.6 Å². The normalized spacial score (nSPS) is 15.3. The molecule has 0 radical (unpaired) electrons. The standard InChI is InChI=1S/C21H24F3N3O3.C2H6/c1-4-17(26-30-3)21(29)10-27(11-21)20(28)13-6-7-14(22)18(24)19(13)25-16-8-5-12(2)9-15(16)23;1-2/h5-9,17,25-26,29H,4,10-11H2,1-3H3;1-2H3/p+1. The maximum absolute atomic E-state index is 14.5. The molecule has 0 spiro atoms. The zero-order chi connectivity index (χ0) is 24.1. The summed E-state index contributed by atoms with van der Waals surface area (Å²) in [7, 11) is 1.48. The van der Waals surface area contributed by atoms with Gasteiger partial charge in [-0.25, -0.2) is 18.0 Å². The summed E-state index contributed by atoms with van der Waals surface area (Å²) >= 11 is 0. The van der Waals surface area contributed by atoms with Crippen molar-refractivity contribution in [3.8, 4) is 0 Å². The highest BCUT2D eigenvalue weighted by molar-refractivity contribution is 6.01. The third-order valence-corrected chi connectivity index (χ3v) is 5.36. The number of nitrogens with zero attached hydrogens (tertiary/aromatic N) is 1. The number of nitrogens with two attached hydrogens (primary N) is 1. The Hall–Kier alpha value is -2.62. The van der Waals surface area contributed by atoms with Gasteiger partial charge in [-0.2, -0.15) is 5.48 Å². The number of rotatable bonds is 7. The summed E-state index contributed by atoms with van der Waals surface area (Å²) in [6.45, 7) is 7.61. The molecule has 1 fully saturated rings. The van der Waals surface area contributed by atoms with E-state index in [1.165, 1.54) is 29.6 Å². The number of halogens is 3. The minimum Gasteiger partial charge on any atom is -0.380 e. The molecule has 32 heavy (non-hydrogen) atoms. The number of aliphatic hydroxyl groups is 1. The van der Waals surface area contributed by atoms with Crippen LogP contribution in [0.5, 0.6) is 0 Å². The minimum absolute atomic E-state index is 0.0154. The highest BCUT2D eigenvalue weighted by Crippen LogP contribution is 2.32. The van der Waals surface area contributed by atoms with Crippen molar-refractivity contribution in [2.75, 3.05) is 25.5 Å². The van der Waals surface area contributed by atoms with Crippen molar-refractivity contribution >= 4 is 17.3 Å². The van der Waals surface area contributed by atoms with Crippen LogP contribution < -0.4 is 10.8 Å². The zero-order valence-corrected chi connectivity index (χ0v) is 19.0. The van der Waals surface area contributed by atoms with Crippen LogP contribution >= 0.6 is 0 Å². The molecular formula is C23H31F3N3O3+. The predicted molar refractivity (Wildman–Crippen MR) is 116 cm³/mol. The van der Waals surface area contributed by atoms with Crippen molar-refractivity contribution in [2.45, 2.75) is 45.8 Å². The monoisotopic (exact) mass is 454 g/mol. The molecular weight excluding hydrogens is 423 g/mol. The van der Waals surface area contributed by atoms with E-state index >= 15 is 0 Å². The van der Waals surface area contributed by atoms with Crippen LogP contribution in [0.15, 0.2) is 30.3 Å². The minimum atomic E-state index is -1.28. The van der Waals surface area contributed by atoms with Gasteiger partial charge in [0, 0.05) is 6.42 Å². The number of hydroxylamine groups is 1. The Bertz CT molecular complexity index is 950. The number of β-amino-alcohol motifs (C(OH)–C–C–N with tert-alkyl or cyclic N) is 1. The highest BCUT2D eigenvalue weighted by atomic mass is 19.2. The number of quaternary nitrogens is 1. The van der Waals surface area contributed by atoms with E-state index in [0.717, 1.165) is 12.1 Å². The Morgan fingerprint density at radius 1 is 1.22 bits per heavy atom. The molecule has 1 amide bonds. The van der Waals surface area contributed by atoms with Gasteiger partial charge in [0.1, 0.15) is 11.9 Å². The Morgan fingerprint density at radius 3 is 2.44 bits per heavy atom. The lowest BCUT2D eigenvalue weighted by molar-refractivity contribution is -0.920. The lowest BCUT2D eigenvalue weighted by atomic mass is 9.84. The molecule has 0 saturated carbocycles. The predicted octanol–water partition coefficient (Wildman–Crippen LogP) is 3.27. The van der Waals surface area contributed by atoms with Crippen molar-refractivity contribution in [1.82, 2.24) is 4.90 Å². The summed E-state index contributed by atoms with van der Waals surface area (Å²) in [6.07, 6.45) is 0.608. The molecule has 1 aliphatic rings. The number of amides is 1. The summed E-state index contributed by atoms with van der Waals surface area (Å²) in [6, 6.07) is 5.95. The molecule has 0 bridgehead atoms. The number of aryl methyl sites for hydroxylation is 1. The van der Waals surface area contributed by atoms with Gasteiger partial charge in [-0.3, -0.25) is 4.79 Å². The molecule has 2 aromatic rings. The van der Waals surface area contributed by atoms with Gasteiger partial charge in [-0.05, 0) is 36.8 Å². The molecule has 1 heterocycles. The first kappa shape index (κ1) is 25.6. The fraction of sp³-hybridized carbons (Fsp3) is 0.435. The fourth-order valence-electron chi connectivity index (χ4n) is 3.64. The van der Waals surface area contributed by atoms with Gasteiger partial charge in [-0.15, -0.1) is 0 Å². The molecule has 2 aromatic carbocycles. The van der Waals surface area contributed by atoms with Gasteiger partial charge in [0.05, 0.1) is 37.1 Å². The molecule has 0 aliphatic carbocycles. The smallest absolute Gasteiger partial charge is 0.256 e. The van der Waals surface area contributed by atoms with Gasteiger partial charge in [0.25, 0.3) is 5.91 Å². The van der Waals surface area contributed by atoms with Gasteiger partial charge < -0.3 is 15.3 Å². The largest absolute Gasteiger partial charge is 0.380 e. The van der Waals surface area contributed by atoms with Gasteiger partial charge in [0.2, 0.25) is 0 Å². The number of benzene rings is 2. The SMILES string of the molecule is CC.CCC([NH2+]OC)C1(O)CN(C(=O)c2ccc(F)c(F)c2Nc2ccc(C)cc2F)C1. The molecule has 1 unspecified atom stereocenters. The van der Waals surface area contributed by atoms with E-state index in [-0.39, 0.29) is 30.4 Å². The molecule has 4 N–H and O–H groups in total. The lowest BCUT2D eigenvalue weighted by Crippen LogP contribution is -2.96. The van der Waals surface area contributed by atoms with Crippen LogP contribution in [0.25, 0.3) is 0 Å². The van der Waals surface area contributed by atoms with Crippen LogP contribution in [0.3, 0.4) is 0 Å². The topological polar surface area (TPSA) is 78.4 Å². The van der Waals surface area contributed by atoms with Crippen molar-refractivity contribution in [3.05, 3.63) is 58.9 Å². The summed E-state index contributed by atoms with van der Waals surface area (Å²) in [5.74, 6) is -3.70. The average molecular weight is 455 g/mol. The average Bonchev–Trinajstić information content (AvgIpc) is 2.75. The van der Waals surface area contributed by atoms with Gasteiger partial charge >= 0.3 is 0 Å². The van der Waals surface area contributed by atoms with Crippen LogP contribution in [-0.2, 0) is 4.84 Å². The second-order valence-electron chi connectivity index (χ2n) is 7.54. The Kier molecular flexibility index (Phi) is 8.65. The number of hydrogen-bond donors (Lipinski definition) is 3. The Morgan fingerprint density at radius 2 is 1.88 bits per heavy atom. The molecule has 1 saturated heterocycles. The molecule has 1 aliphatic heterocycles. The number of hydrogen-bond acceptors (Lipinski definition) is 4. The van der Waals surface area contributed by atoms with E-state index in [1.807, 2.05) is 20.8 Å². The zero-order valence-electron chi connectivity index (χ0n) is 19.0. The number of likely N-dealkylation sites (tertiary alicyclic amines) is 1. The lowest BCUT2D eigenvalue weighted by Gasteiger charge is -2.48. The maximum Gasteiger partial charge on any atom is 0.256 e. The second kappa shape index (κ2) is 10.8. The first-order valence-electron chi connectivity index (χ1n) is 10.6. The highest BCUT2D eigenvalue weighted by Gasteiger charge is 2.51. The van der Waals surface area contributed by atoms with Crippen molar-refractivity contribution in [3.63, 3.8) is 0 Å². The summed E-state index contributed by atoms with van der Waals surface area (Å²) in [5.41, 5.74) is 0.336. The van der Waals surface area contributed by atoms with E-state index in [1.54, 1.807) is 13.0 Å². The van der Waals surface area contributed by atoms with Gasteiger partial charge in [-0.1, -0.05) is 26.8 Å². The van der Waals surface area contributed by atoms with Crippen molar-refractivity contribution < 1.29 is 33.4 Å². The summed E-state index contributed by atoms with van der Waals surface area (Å²) < 4.78 is 42.6. The van der Waals surface area contributed by atoms with Crippen LogP contribution in [0.1, 0.15) is 43.1 Å². The van der Waals surface area contributed by atoms with E-state index in [9.17, 15) is 23.1 Å². The maximum atomic E-state index is 14.5. The molecule has 1 atom stereocenters. The van der Waals surface area contributed by atoms with E-state index in [0.29, 0.717) is 12.0 Å². The second-order valence-corrected chi connectivity index (χ2v) is 7.54. The Labute approximate surface area is 186 Å². The Balaban J connectivity index is 0.00000176. The third-order valence-electron chi connectivity index (χ3n) is 5.36. The first-order chi connectivity index (χ1) is 15.2. The fourth-order valence-corrected chi connectivity index (χ4v) is 3.64. The van der Waals surface area contributed by atoms with Crippen molar-refractivity contribution in [2.24, 2.45) is 0 Å². The van der Waals surface area contributed by atoms with E-state index in [4.69, 9.17) is 4.84 Å². The number of nitrogens with one attached hydrogen (secondary N) is 1. The molecule has 3 rings (SSSR count). The van der Waals surface area contributed by atoms with Gasteiger partial charge in [0.15, 0.2) is 17.2 Å². The third kappa shape index (κ3) is 5.23. The van der Waals surface area contributed by atoms with Crippen LogP contribution in [0, 0.1) is 24.4 Å². The van der Waals surface area contributed by atoms with Crippen LogP contribution in [-0.4, -0.2) is 47.8 Å². The molecule has 6 nitrogen and oxygen atoms in total. The number of anilines is 2.